The molecule has 0 rings (SSSR count). The van der Waals surface area contributed by atoms with E-state index in [0.29, 0.717) is 5.92 Å². The van der Waals surface area contributed by atoms with E-state index < -0.39 is 0 Å². The lowest BCUT2D eigenvalue weighted by Gasteiger charge is -1.85. The van der Waals surface area contributed by atoms with Gasteiger partial charge in [0.15, 0.2) is 0 Å². The van der Waals surface area contributed by atoms with E-state index >= 15 is 0 Å². The molecule has 0 aromatic rings. The van der Waals surface area contributed by atoms with Gasteiger partial charge in [-0.15, -0.1) is 0 Å². The molecule has 0 bridgehead atoms. The second-order valence-corrected chi connectivity index (χ2v) is 2.69. The van der Waals surface area contributed by atoms with Crippen LogP contribution in [-0.2, 0) is 4.79 Å². The zero-order chi connectivity index (χ0) is 7.28. The summed E-state index contributed by atoms with van der Waals surface area (Å²) in [4.78, 5) is 10.5. The number of rotatable bonds is 0. The van der Waals surface area contributed by atoms with Crippen LogP contribution in [-0.4, -0.2) is 11.4 Å². The summed E-state index contributed by atoms with van der Waals surface area (Å²) in [7, 11) is 0. The SMILES string of the molecule is CSC(=O)C#CC(C)C. The van der Waals surface area contributed by atoms with Gasteiger partial charge in [-0.05, 0) is 12.2 Å². The van der Waals surface area contributed by atoms with Crippen molar-refractivity contribution in [1.29, 1.82) is 0 Å². The van der Waals surface area contributed by atoms with Gasteiger partial charge < -0.3 is 0 Å². The number of carbonyl (C=O) groups excluding carboxylic acids is 1. The van der Waals surface area contributed by atoms with Crippen LogP contribution >= 0.6 is 11.8 Å². The minimum atomic E-state index is -0.0521. The van der Waals surface area contributed by atoms with Crippen LogP contribution in [0.15, 0.2) is 0 Å². The Hall–Kier alpha value is -0.420. The zero-order valence-corrected chi connectivity index (χ0v) is 6.71. The van der Waals surface area contributed by atoms with Crippen molar-refractivity contribution in [1.82, 2.24) is 0 Å². The van der Waals surface area contributed by atoms with Gasteiger partial charge in [0.1, 0.15) is 0 Å². The third-order valence-electron chi connectivity index (χ3n) is 0.648. The van der Waals surface area contributed by atoms with Crippen LogP contribution in [0.2, 0.25) is 0 Å². The van der Waals surface area contributed by atoms with Gasteiger partial charge in [-0.25, -0.2) is 0 Å². The maximum Gasteiger partial charge on any atom is 0.262 e. The van der Waals surface area contributed by atoms with Gasteiger partial charge in [-0.3, -0.25) is 4.79 Å². The number of hydrogen-bond donors (Lipinski definition) is 0. The van der Waals surface area contributed by atoms with E-state index in [1.165, 1.54) is 0 Å². The summed E-state index contributed by atoms with van der Waals surface area (Å²) in [6.45, 7) is 3.92. The molecule has 0 saturated carbocycles. The van der Waals surface area contributed by atoms with Crippen molar-refractivity contribution < 1.29 is 4.79 Å². The molecule has 0 aromatic carbocycles. The highest BCUT2D eigenvalue weighted by Gasteiger charge is 1.88. The molecule has 0 aliphatic heterocycles. The van der Waals surface area contributed by atoms with Crippen molar-refractivity contribution in [2.45, 2.75) is 13.8 Å². The van der Waals surface area contributed by atoms with Crippen LogP contribution < -0.4 is 0 Å². The Bertz CT molecular complexity index is 150. The molecule has 0 aliphatic rings. The van der Waals surface area contributed by atoms with Gasteiger partial charge in [-0.2, -0.15) is 0 Å². The fourth-order valence-electron chi connectivity index (χ4n) is 0.254. The van der Waals surface area contributed by atoms with E-state index in [0.717, 1.165) is 11.8 Å². The van der Waals surface area contributed by atoms with Crippen LogP contribution in [0.25, 0.3) is 0 Å². The molecule has 9 heavy (non-hydrogen) atoms. The number of carbonyl (C=O) groups is 1. The van der Waals surface area contributed by atoms with Gasteiger partial charge >= 0.3 is 0 Å². The smallest absolute Gasteiger partial charge is 0.262 e. The predicted molar refractivity (Wildman–Crippen MR) is 41.1 cm³/mol. The first-order valence-corrected chi connectivity index (χ1v) is 3.98. The zero-order valence-electron chi connectivity index (χ0n) is 5.89. The van der Waals surface area contributed by atoms with Crippen LogP contribution in [0.1, 0.15) is 13.8 Å². The Morgan fingerprint density at radius 2 is 2.11 bits per heavy atom. The minimum absolute atomic E-state index is 0.0521. The average molecular weight is 142 g/mol. The minimum Gasteiger partial charge on any atom is -0.272 e. The molecule has 0 aliphatic carbocycles. The van der Waals surface area contributed by atoms with Crippen LogP contribution in [0.4, 0.5) is 0 Å². The quantitative estimate of drug-likeness (QED) is 0.477. The van der Waals surface area contributed by atoms with Crippen molar-refractivity contribution in [3.05, 3.63) is 0 Å². The van der Waals surface area contributed by atoms with Crippen molar-refractivity contribution >= 4 is 16.9 Å². The molecule has 2 heteroatoms. The van der Waals surface area contributed by atoms with Gasteiger partial charge in [-0.1, -0.05) is 31.5 Å². The number of hydrogen-bond acceptors (Lipinski definition) is 2. The molecule has 0 radical (unpaired) electrons. The first-order valence-electron chi connectivity index (χ1n) is 2.76. The monoisotopic (exact) mass is 142 g/mol. The molecule has 0 saturated heterocycles. The second kappa shape index (κ2) is 4.46. The lowest BCUT2D eigenvalue weighted by Crippen LogP contribution is -1.85. The predicted octanol–water partition coefficient (Wildman–Crippen LogP) is 1.54. The Balaban J connectivity index is 3.73. The van der Waals surface area contributed by atoms with E-state index in [9.17, 15) is 4.79 Å². The Morgan fingerprint density at radius 1 is 1.56 bits per heavy atom. The molecule has 0 unspecified atom stereocenters. The molecule has 0 aromatic heterocycles. The topological polar surface area (TPSA) is 17.1 Å². The van der Waals surface area contributed by atoms with Gasteiger partial charge in [0.2, 0.25) is 0 Å². The van der Waals surface area contributed by atoms with Gasteiger partial charge in [0, 0.05) is 5.92 Å². The van der Waals surface area contributed by atoms with Crippen molar-refractivity contribution in [2.24, 2.45) is 5.92 Å². The molecule has 0 atom stereocenters. The summed E-state index contributed by atoms with van der Waals surface area (Å²) < 4.78 is 0. The van der Waals surface area contributed by atoms with E-state index in [1.54, 1.807) is 6.26 Å². The summed E-state index contributed by atoms with van der Waals surface area (Å²) >= 11 is 1.15. The number of thioether (sulfide) groups is 1. The molecule has 0 spiro atoms. The first-order chi connectivity index (χ1) is 4.16. The maximum atomic E-state index is 10.5. The summed E-state index contributed by atoms with van der Waals surface area (Å²) in [5.41, 5.74) is 0. The molecule has 0 N–H and O–H groups in total. The highest BCUT2D eigenvalue weighted by molar-refractivity contribution is 8.13. The van der Waals surface area contributed by atoms with E-state index in [-0.39, 0.29) is 5.12 Å². The maximum absolute atomic E-state index is 10.5. The Kier molecular flexibility index (Phi) is 4.25. The summed E-state index contributed by atoms with van der Waals surface area (Å²) in [6, 6.07) is 0. The highest BCUT2D eigenvalue weighted by atomic mass is 32.2. The van der Waals surface area contributed by atoms with Crippen LogP contribution in [0, 0.1) is 17.8 Å². The van der Waals surface area contributed by atoms with E-state index in [4.69, 9.17) is 0 Å². The third-order valence-corrected chi connectivity index (χ3v) is 1.12. The summed E-state index contributed by atoms with van der Waals surface area (Å²) in [5.74, 6) is 5.57. The Morgan fingerprint density at radius 3 is 2.44 bits per heavy atom. The fraction of sp³-hybridized carbons (Fsp3) is 0.571. The average Bonchev–Trinajstić information content (AvgIpc) is 1.83. The van der Waals surface area contributed by atoms with Crippen molar-refractivity contribution in [3.63, 3.8) is 0 Å². The van der Waals surface area contributed by atoms with E-state index in [1.807, 2.05) is 13.8 Å². The van der Waals surface area contributed by atoms with Crippen molar-refractivity contribution in [2.75, 3.05) is 6.26 Å². The first kappa shape index (κ1) is 8.58. The lowest BCUT2D eigenvalue weighted by molar-refractivity contribution is -0.106. The molecule has 50 valence electrons. The molecular formula is C7H10OS. The third kappa shape index (κ3) is 5.45. The molecular weight excluding hydrogens is 132 g/mol. The molecule has 1 nitrogen and oxygen atoms in total. The largest absolute Gasteiger partial charge is 0.272 e. The summed E-state index contributed by atoms with van der Waals surface area (Å²) in [5, 5.41) is -0.0521. The molecule has 0 heterocycles. The van der Waals surface area contributed by atoms with Gasteiger partial charge in [0.25, 0.3) is 5.12 Å². The normalized spacial score (nSPS) is 8.44. The van der Waals surface area contributed by atoms with E-state index in [2.05, 4.69) is 11.8 Å². The Labute approximate surface area is 60.2 Å². The van der Waals surface area contributed by atoms with Crippen LogP contribution in [0.5, 0.6) is 0 Å². The summed E-state index contributed by atoms with van der Waals surface area (Å²) in [6.07, 6.45) is 1.73. The van der Waals surface area contributed by atoms with Gasteiger partial charge in [0.05, 0.1) is 0 Å². The second-order valence-electron chi connectivity index (χ2n) is 1.92. The standard InChI is InChI=1S/C7H10OS/c1-6(2)4-5-7(8)9-3/h6H,1-3H3. The van der Waals surface area contributed by atoms with Crippen LogP contribution in [0.3, 0.4) is 0 Å². The fourth-order valence-corrected chi connectivity index (χ4v) is 0.415. The van der Waals surface area contributed by atoms with Crippen molar-refractivity contribution in [3.8, 4) is 11.8 Å². The lowest BCUT2D eigenvalue weighted by atomic mass is 10.2. The molecule has 0 fully saturated rings. The highest BCUT2D eigenvalue weighted by Crippen LogP contribution is 1.92. The molecule has 0 amide bonds.